The second-order valence-electron chi connectivity index (χ2n) is 3.42. The summed E-state index contributed by atoms with van der Waals surface area (Å²) in [6.45, 7) is 12.2. The third-order valence-corrected chi connectivity index (χ3v) is 2.14. The third-order valence-electron chi connectivity index (χ3n) is 2.14. The van der Waals surface area contributed by atoms with Gasteiger partial charge in [-0.25, -0.2) is 0 Å². The van der Waals surface area contributed by atoms with Crippen LogP contribution < -0.4 is 5.73 Å². The van der Waals surface area contributed by atoms with Crippen LogP contribution in [0.3, 0.4) is 0 Å². The fraction of sp³-hybridized carbons (Fsp3) is 0.833. The van der Waals surface area contributed by atoms with Crippen molar-refractivity contribution in [3.8, 4) is 0 Å². The van der Waals surface area contributed by atoms with Crippen molar-refractivity contribution in [2.75, 3.05) is 0 Å². The van der Waals surface area contributed by atoms with Crippen LogP contribution >= 0.6 is 0 Å². The first-order chi connectivity index (χ1) is 6.16. The van der Waals surface area contributed by atoms with Crippen molar-refractivity contribution in [3.05, 3.63) is 12.3 Å². The van der Waals surface area contributed by atoms with Gasteiger partial charge in [0.2, 0.25) is 0 Å². The molecule has 0 aromatic rings. The summed E-state index contributed by atoms with van der Waals surface area (Å²) in [7, 11) is 0. The summed E-state index contributed by atoms with van der Waals surface area (Å²) >= 11 is 0. The molecule has 0 aliphatic heterocycles. The van der Waals surface area contributed by atoms with Crippen LogP contribution in [0.5, 0.6) is 0 Å². The Bertz CT molecular complexity index is 108. The van der Waals surface area contributed by atoms with Gasteiger partial charge in [0.1, 0.15) is 0 Å². The minimum absolute atomic E-state index is 0.828. The summed E-state index contributed by atoms with van der Waals surface area (Å²) in [4.78, 5) is 0. The molecule has 0 bridgehead atoms. The Labute approximate surface area is 84.4 Å². The second kappa shape index (κ2) is 11.5. The highest BCUT2D eigenvalue weighted by Crippen LogP contribution is 2.12. The molecule has 0 heterocycles. The van der Waals surface area contributed by atoms with Crippen LogP contribution in [0.25, 0.3) is 0 Å². The lowest BCUT2D eigenvalue weighted by molar-refractivity contribution is 0.484. The van der Waals surface area contributed by atoms with E-state index >= 15 is 0 Å². The Morgan fingerprint density at radius 1 is 1.31 bits per heavy atom. The van der Waals surface area contributed by atoms with E-state index in [0.717, 1.165) is 18.0 Å². The van der Waals surface area contributed by atoms with E-state index < -0.39 is 0 Å². The van der Waals surface area contributed by atoms with Gasteiger partial charge in [0.15, 0.2) is 0 Å². The van der Waals surface area contributed by atoms with Gasteiger partial charge in [0.25, 0.3) is 0 Å². The lowest BCUT2D eigenvalue weighted by Gasteiger charge is -2.06. The molecule has 0 amide bonds. The highest BCUT2D eigenvalue weighted by molar-refractivity contribution is 4.84. The van der Waals surface area contributed by atoms with E-state index in [1.165, 1.54) is 25.7 Å². The molecule has 0 aromatic carbocycles. The van der Waals surface area contributed by atoms with Crippen molar-refractivity contribution < 1.29 is 0 Å². The monoisotopic (exact) mass is 185 g/mol. The van der Waals surface area contributed by atoms with Crippen LogP contribution in [0.2, 0.25) is 0 Å². The summed E-state index contributed by atoms with van der Waals surface area (Å²) in [6.07, 6.45) is 6.13. The van der Waals surface area contributed by atoms with Crippen molar-refractivity contribution in [2.45, 2.75) is 59.8 Å². The number of rotatable bonds is 6. The Kier molecular flexibility index (Phi) is 13.3. The van der Waals surface area contributed by atoms with Gasteiger partial charge in [0, 0.05) is 5.70 Å². The molecular formula is C12H27N. The Morgan fingerprint density at radius 3 is 2.23 bits per heavy atom. The Hall–Kier alpha value is -0.460. The summed E-state index contributed by atoms with van der Waals surface area (Å²) in [5, 5.41) is 0. The smallest absolute Gasteiger partial charge is 0.000744 e. The summed E-state index contributed by atoms with van der Waals surface area (Å²) < 4.78 is 0. The first-order valence-electron chi connectivity index (χ1n) is 5.60. The number of nitrogens with two attached hydrogens (primary N) is 1. The number of unbranched alkanes of at least 4 members (excludes halogenated alkanes) is 1. The quantitative estimate of drug-likeness (QED) is 0.620. The van der Waals surface area contributed by atoms with E-state index in [0.29, 0.717) is 0 Å². The molecule has 0 fully saturated rings. The largest absolute Gasteiger partial charge is 0.403 e. The summed E-state index contributed by atoms with van der Waals surface area (Å²) in [6, 6.07) is 0. The lowest BCUT2D eigenvalue weighted by Crippen LogP contribution is -1.96. The average Bonchev–Trinajstić information content (AvgIpc) is 2.15. The minimum atomic E-state index is 0.828. The number of hydrogen-bond donors (Lipinski definition) is 1. The van der Waals surface area contributed by atoms with Gasteiger partial charge in [-0.2, -0.15) is 0 Å². The third kappa shape index (κ3) is 14.4. The van der Waals surface area contributed by atoms with Crippen molar-refractivity contribution in [1.29, 1.82) is 0 Å². The normalized spacial score (nSPS) is 11.4. The Morgan fingerprint density at radius 2 is 1.85 bits per heavy atom. The maximum atomic E-state index is 5.45. The van der Waals surface area contributed by atoms with E-state index in [9.17, 15) is 0 Å². The Balaban J connectivity index is 0. The van der Waals surface area contributed by atoms with Crippen LogP contribution in [0.4, 0.5) is 0 Å². The molecule has 0 unspecified atom stereocenters. The van der Waals surface area contributed by atoms with E-state index in [4.69, 9.17) is 5.73 Å². The molecule has 80 valence electrons. The van der Waals surface area contributed by atoms with Crippen LogP contribution in [-0.2, 0) is 0 Å². The highest BCUT2D eigenvalue weighted by atomic mass is 14.5. The topological polar surface area (TPSA) is 26.0 Å². The predicted molar refractivity (Wildman–Crippen MR) is 62.6 cm³/mol. The molecule has 1 atom stereocenters. The van der Waals surface area contributed by atoms with Gasteiger partial charge in [-0.15, -0.1) is 0 Å². The summed E-state index contributed by atoms with van der Waals surface area (Å²) in [5.41, 5.74) is 6.28. The molecule has 0 saturated heterocycles. The number of hydrogen-bond acceptors (Lipinski definition) is 1. The van der Waals surface area contributed by atoms with E-state index in [1.807, 2.05) is 13.8 Å². The highest BCUT2D eigenvalue weighted by Gasteiger charge is 1.97. The van der Waals surface area contributed by atoms with E-state index in [1.54, 1.807) is 0 Å². The van der Waals surface area contributed by atoms with Gasteiger partial charge >= 0.3 is 0 Å². The van der Waals surface area contributed by atoms with Crippen LogP contribution in [0, 0.1) is 5.92 Å². The lowest BCUT2D eigenvalue weighted by atomic mass is 10.0. The molecule has 0 spiro atoms. The molecule has 2 N–H and O–H groups in total. The van der Waals surface area contributed by atoms with Crippen LogP contribution in [0.1, 0.15) is 59.8 Å². The van der Waals surface area contributed by atoms with Gasteiger partial charge < -0.3 is 5.73 Å². The van der Waals surface area contributed by atoms with Crippen molar-refractivity contribution in [1.82, 2.24) is 0 Å². The maximum absolute atomic E-state index is 5.45. The molecule has 0 aromatic heterocycles. The van der Waals surface area contributed by atoms with Gasteiger partial charge in [-0.3, -0.25) is 0 Å². The molecule has 13 heavy (non-hydrogen) atoms. The van der Waals surface area contributed by atoms with Crippen molar-refractivity contribution in [2.24, 2.45) is 11.7 Å². The molecule has 0 aliphatic carbocycles. The van der Waals surface area contributed by atoms with Gasteiger partial charge in [0.05, 0.1) is 0 Å². The minimum Gasteiger partial charge on any atom is -0.403 e. The molecule has 0 saturated carbocycles. The zero-order valence-electron chi connectivity index (χ0n) is 9.90. The molecule has 0 aliphatic rings. The van der Waals surface area contributed by atoms with Gasteiger partial charge in [-0.1, -0.05) is 53.5 Å². The molecule has 1 heteroatoms. The van der Waals surface area contributed by atoms with E-state index in [-0.39, 0.29) is 0 Å². The number of allylic oxidation sites excluding steroid dienone is 1. The molecular weight excluding hydrogens is 158 g/mol. The summed E-state index contributed by atoms with van der Waals surface area (Å²) in [5.74, 6) is 0.876. The van der Waals surface area contributed by atoms with Crippen LogP contribution in [-0.4, -0.2) is 0 Å². The van der Waals surface area contributed by atoms with Gasteiger partial charge in [-0.05, 0) is 18.8 Å². The molecule has 0 radical (unpaired) electrons. The maximum Gasteiger partial charge on any atom is 0.000744 e. The first kappa shape index (κ1) is 15.0. The fourth-order valence-corrected chi connectivity index (χ4v) is 1.05. The second-order valence-corrected chi connectivity index (χ2v) is 3.42. The predicted octanol–water partition coefficient (Wildman–Crippen LogP) is 4.09. The molecule has 1 nitrogen and oxygen atoms in total. The van der Waals surface area contributed by atoms with Crippen molar-refractivity contribution in [3.63, 3.8) is 0 Å². The van der Waals surface area contributed by atoms with Crippen molar-refractivity contribution >= 4 is 0 Å². The zero-order chi connectivity index (χ0) is 10.7. The molecule has 0 rings (SSSR count). The zero-order valence-corrected chi connectivity index (χ0v) is 9.90. The SMILES string of the molecule is C=C(N)CCCC[C@@H](C)CC.CC. The fourth-order valence-electron chi connectivity index (χ4n) is 1.05. The van der Waals surface area contributed by atoms with Crippen LogP contribution in [0.15, 0.2) is 12.3 Å². The standard InChI is InChI=1S/C10H21N.C2H6/c1-4-9(2)7-5-6-8-10(3)11;1-2/h9H,3-8,11H2,1-2H3;1-2H3/t9-;/m0./s1. The average molecular weight is 185 g/mol. The van der Waals surface area contributed by atoms with E-state index in [2.05, 4.69) is 20.4 Å². The first-order valence-corrected chi connectivity index (χ1v) is 5.60.